The summed E-state index contributed by atoms with van der Waals surface area (Å²) >= 11 is 0. The van der Waals surface area contributed by atoms with Crippen LogP contribution in [0.3, 0.4) is 0 Å². The maximum atomic E-state index is 14.4. The summed E-state index contributed by atoms with van der Waals surface area (Å²) in [6, 6.07) is 7.40. The number of ether oxygens (including phenoxy) is 1. The van der Waals surface area contributed by atoms with Crippen LogP contribution >= 0.6 is 0 Å². The molecule has 0 heterocycles. The fourth-order valence-corrected chi connectivity index (χ4v) is 4.03. The van der Waals surface area contributed by atoms with Gasteiger partial charge in [-0.2, -0.15) is 4.39 Å². The highest BCUT2D eigenvalue weighted by Crippen LogP contribution is 2.39. The quantitative estimate of drug-likeness (QED) is 0.600. The van der Waals surface area contributed by atoms with Gasteiger partial charge in [0.2, 0.25) is 5.82 Å². The van der Waals surface area contributed by atoms with Gasteiger partial charge in [0.05, 0.1) is 6.61 Å². The van der Waals surface area contributed by atoms with Crippen molar-refractivity contribution in [1.82, 2.24) is 0 Å². The number of benzene rings is 2. The second-order valence-electron chi connectivity index (χ2n) is 6.92. The predicted molar refractivity (Wildman–Crippen MR) is 94.6 cm³/mol. The Morgan fingerprint density at radius 2 is 1.75 bits per heavy atom. The highest BCUT2D eigenvalue weighted by atomic mass is 19.2. The second kappa shape index (κ2) is 7.50. The van der Waals surface area contributed by atoms with Crippen LogP contribution in [0.2, 0.25) is 0 Å². The molecule has 0 atom stereocenters. The molecule has 0 aromatic heterocycles. The van der Waals surface area contributed by atoms with Gasteiger partial charge in [0.15, 0.2) is 11.6 Å². The summed E-state index contributed by atoms with van der Waals surface area (Å²) in [4.78, 5) is 0. The van der Waals surface area contributed by atoms with Gasteiger partial charge < -0.3 is 4.74 Å². The van der Waals surface area contributed by atoms with Crippen molar-refractivity contribution in [3.8, 4) is 5.75 Å². The lowest BCUT2D eigenvalue weighted by Crippen LogP contribution is -2.13. The van der Waals surface area contributed by atoms with Crippen molar-refractivity contribution in [1.29, 1.82) is 0 Å². The first-order chi connectivity index (χ1) is 11.6. The summed E-state index contributed by atoms with van der Waals surface area (Å²) < 4.78 is 33.8. The van der Waals surface area contributed by atoms with Gasteiger partial charge in [0, 0.05) is 5.39 Å². The van der Waals surface area contributed by atoms with E-state index in [2.05, 4.69) is 13.0 Å². The van der Waals surface area contributed by atoms with Gasteiger partial charge in [-0.15, -0.1) is 0 Å². The number of hydrogen-bond donors (Lipinski definition) is 0. The minimum absolute atomic E-state index is 0.00433. The van der Waals surface area contributed by atoms with Crippen LogP contribution in [0.5, 0.6) is 5.75 Å². The van der Waals surface area contributed by atoms with E-state index in [1.165, 1.54) is 25.7 Å². The average Bonchev–Trinajstić information content (AvgIpc) is 2.60. The fourth-order valence-electron chi connectivity index (χ4n) is 4.03. The van der Waals surface area contributed by atoms with Crippen molar-refractivity contribution < 1.29 is 13.5 Å². The molecule has 2 aromatic carbocycles. The minimum atomic E-state index is -0.881. The van der Waals surface area contributed by atoms with Crippen molar-refractivity contribution in [3.05, 3.63) is 41.5 Å². The van der Waals surface area contributed by atoms with E-state index in [0.29, 0.717) is 23.3 Å². The molecule has 1 aliphatic rings. The van der Waals surface area contributed by atoms with Gasteiger partial charge in [0.1, 0.15) is 0 Å². The third-order valence-electron chi connectivity index (χ3n) is 5.32. The molecule has 0 amide bonds. The molecule has 1 saturated carbocycles. The molecular formula is C21H26F2O. The summed E-state index contributed by atoms with van der Waals surface area (Å²) in [5, 5.41) is 1.06. The Morgan fingerprint density at radius 1 is 1.00 bits per heavy atom. The number of hydrogen-bond acceptors (Lipinski definition) is 1. The SMILES string of the molecule is CCCC1CCC(c2ccc3cc(OCC)c(F)c(F)c3c2)CC1. The monoisotopic (exact) mass is 332 g/mol. The van der Waals surface area contributed by atoms with E-state index in [1.54, 1.807) is 13.0 Å². The summed E-state index contributed by atoms with van der Waals surface area (Å²) in [7, 11) is 0. The van der Waals surface area contributed by atoms with Crippen LogP contribution in [0.4, 0.5) is 8.78 Å². The van der Waals surface area contributed by atoms with E-state index in [-0.39, 0.29) is 5.75 Å². The van der Waals surface area contributed by atoms with Crippen molar-refractivity contribution >= 4 is 10.8 Å². The van der Waals surface area contributed by atoms with Crippen LogP contribution < -0.4 is 4.74 Å². The van der Waals surface area contributed by atoms with Gasteiger partial charge >= 0.3 is 0 Å². The molecular weight excluding hydrogens is 306 g/mol. The molecule has 0 N–H and O–H groups in total. The van der Waals surface area contributed by atoms with Crippen LogP contribution in [-0.2, 0) is 0 Å². The highest BCUT2D eigenvalue weighted by molar-refractivity contribution is 5.85. The van der Waals surface area contributed by atoms with E-state index >= 15 is 0 Å². The molecule has 0 radical (unpaired) electrons. The first-order valence-electron chi connectivity index (χ1n) is 9.18. The average molecular weight is 332 g/mol. The zero-order valence-electron chi connectivity index (χ0n) is 14.6. The van der Waals surface area contributed by atoms with E-state index in [1.807, 2.05) is 12.1 Å². The molecule has 2 aromatic rings. The zero-order valence-corrected chi connectivity index (χ0v) is 14.6. The third-order valence-corrected chi connectivity index (χ3v) is 5.32. The van der Waals surface area contributed by atoms with Crippen LogP contribution in [0.1, 0.15) is 63.9 Å². The normalized spacial score (nSPS) is 21.2. The van der Waals surface area contributed by atoms with Gasteiger partial charge in [-0.05, 0) is 67.5 Å². The standard InChI is InChI=1S/C21H26F2O/c1-3-5-14-6-8-15(9-7-14)16-10-11-17-13-19(24-4-2)21(23)20(22)18(17)12-16/h10-15H,3-9H2,1-2H3. The topological polar surface area (TPSA) is 9.23 Å². The minimum Gasteiger partial charge on any atom is -0.491 e. The van der Waals surface area contributed by atoms with Gasteiger partial charge in [-0.25, -0.2) is 4.39 Å². The molecule has 1 aliphatic carbocycles. The maximum Gasteiger partial charge on any atom is 0.201 e. The molecule has 0 saturated heterocycles. The van der Waals surface area contributed by atoms with Crippen LogP contribution in [0.25, 0.3) is 10.8 Å². The van der Waals surface area contributed by atoms with E-state index in [4.69, 9.17) is 4.74 Å². The summed E-state index contributed by atoms with van der Waals surface area (Å²) in [5.41, 5.74) is 1.14. The second-order valence-corrected chi connectivity index (χ2v) is 6.92. The Hall–Kier alpha value is -1.64. The Balaban J connectivity index is 1.86. The smallest absolute Gasteiger partial charge is 0.201 e. The molecule has 0 aliphatic heterocycles. The lowest BCUT2D eigenvalue weighted by molar-refractivity contribution is 0.308. The van der Waals surface area contributed by atoms with Crippen molar-refractivity contribution in [2.24, 2.45) is 5.92 Å². The molecule has 1 nitrogen and oxygen atoms in total. The van der Waals surface area contributed by atoms with Crippen molar-refractivity contribution in [2.75, 3.05) is 6.61 Å². The molecule has 0 spiro atoms. The number of halogens is 2. The van der Waals surface area contributed by atoms with Gasteiger partial charge in [-0.1, -0.05) is 31.9 Å². The number of rotatable bonds is 5. The Morgan fingerprint density at radius 3 is 2.42 bits per heavy atom. The van der Waals surface area contributed by atoms with Gasteiger partial charge in [0.25, 0.3) is 0 Å². The molecule has 24 heavy (non-hydrogen) atoms. The summed E-state index contributed by atoms with van der Waals surface area (Å²) in [5.74, 6) is -0.368. The lowest BCUT2D eigenvalue weighted by atomic mass is 9.77. The Labute approximate surface area is 143 Å². The Bertz CT molecular complexity index is 703. The van der Waals surface area contributed by atoms with Crippen molar-refractivity contribution in [2.45, 2.75) is 58.3 Å². The van der Waals surface area contributed by atoms with Crippen LogP contribution in [0.15, 0.2) is 24.3 Å². The molecule has 1 fully saturated rings. The largest absolute Gasteiger partial charge is 0.491 e. The number of fused-ring (bicyclic) bond motifs is 1. The summed E-state index contributed by atoms with van der Waals surface area (Å²) in [6.07, 6.45) is 7.35. The fraction of sp³-hybridized carbons (Fsp3) is 0.524. The zero-order chi connectivity index (χ0) is 17.1. The maximum absolute atomic E-state index is 14.4. The molecule has 130 valence electrons. The predicted octanol–water partition coefficient (Wildman–Crippen LogP) is 6.59. The first-order valence-corrected chi connectivity index (χ1v) is 9.18. The van der Waals surface area contributed by atoms with Crippen LogP contribution in [-0.4, -0.2) is 6.61 Å². The molecule has 0 unspecified atom stereocenters. The van der Waals surface area contributed by atoms with Crippen LogP contribution in [0, 0.1) is 17.6 Å². The third kappa shape index (κ3) is 3.40. The molecule has 0 bridgehead atoms. The lowest BCUT2D eigenvalue weighted by Gasteiger charge is -2.28. The van der Waals surface area contributed by atoms with E-state index < -0.39 is 11.6 Å². The highest BCUT2D eigenvalue weighted by Gasteiger charge is 2.23. The molecule has 3 heteroatoms. The Kier molecular flexibility index (Phi) is 5.37. The summed E-state index contributed by atoms with van der Waals surface area (Å²) in [6.45, 7) is 4.32. The first kappa shape index (κ1) is 17.2. The molecule has 3 rings (SSSR count). The van der Waals surface area contributed by atoms with Gasteiger partial charge in [-0.3, -0.25) is 0 Å². The van der Waals surface area contributed by atoms with E-state index in [0.717, 1.165) is 24.3 Å². The van der Waals surface area contributed by atoms with Crippen molar-refractivity contribution in [3.63, 3.8) is 0 Å². The van der Waals surface area contributed by atoms with E-state index in [9.17, 15) is 8.78 Å².